The second-order valence-electron chi connectivity index (χ2n) is 6.84. The number of anilines is 2. The summed E-state index contributed by atoms with van der Waals surface area (Å²) in [5.41, 5.74) is 3.10. The Morgan fingerprint density at radius 1 is 0.962 bits per heavy atom. The van der Waals surface area contributed by atoms with Gasteiger partial charge in [-0.15, -0.1) is 0 Å². The van der Waals surface area contributed by atoms with Gasteiger partial charge in [-0.25, -0.2) is 0 Å². The Morgan fingerprint density at radius 2 is 1.77 bits per heavy atom. The zero-order chi connectivity index (χ0) is 17.4. The van der Waals surface area contributed by atoms with Gasteiger partial charge < -0.3 is 24.8 Å². The maximum atomic E-state index is 5.59. The Labute approximate surface area is 152 Å². The molecule has 0 atom stereocenters. The van der Waals surface area contributed by atoms with Crippen molar-refractivity contribution >= 4 is 17.2 Å². The minimum absolute atomic E-state index is 0.192. The number of nitrogens with zero attached hydrogens (tertiary/aromatic N) is 1. The van der Waals surface area contributed by atoms with Crippen LogP contribution >= 0.6 is 0 Å². The molecule has 1 spiro atoms. The zero-order valence-corrected chi connectivity index (χ0v) is 14.5. The van der Waals surface area contributed by atoms with E-state index >= 15 is 0 Å². The number of rotatable bonds is 2. The van der Waals surface area contributed by atoms with Gasteiger partial charge in [0.1, 0.15) is 5.84 Å². The summed E-state index contributed by atoms with van der Waals surface area (Å²) in [5, 5.41) is 7.28. The fraction of sp³-hybridized carbons (Fsp3) is 0.350. The van der Waals surface area contributed by atoms with Crippen LogP contribution in [0.4, 0.5) is 11.4 Å². The van der Waals surface area contributed by atoms with Crippen molar-refractivity contribution in [3.05, 3.63) is 48.0 Å². The van der Waals surface area contributed by atoms with Crippen LogP contribution in [0.15, 0.2) is 47.5 Å². The first-order chi connectivity index (χ1) is 12.8. The summed E-state index contributed by atoms with van der Waals surface area (Å²) < 4.78 is 16.4. The average molecular weight is 351 g/mol. The van der Waals surface area contributed by atoms with Crippen molar-refractivity contribution in [1.82, 2.24) is 0 Å². The van der Waals surface area contributed by atoms with Crippen LogP contribution in [0.1, 0.15) is 18.4 Å². The van der Waals surface area contributed by atoms with E-state index in [9.17, 15) is 0 Å². The number of amidine groups is 1. The van der Waals surface area contributed by atoms with Crippen molar-refractivity contribution in [2.45, 2.75) is 24.9 Å². The predicted octanol–water partition coefficient (Wildman–Crippen LogP) is 3.40. The standard InChI is InChI=1S/C20H21N3O3/c1-2-4-16-15(3-1)22-19(20(23-16)7-9-24-10-8-20)21-12-14-5-6-17-18(11-14)26-13-25-17/h1-6,11,23H,7-10,12-13H2,(H,21,22). The first kappa shape index (κ1) is 15.5. The summed E-state index contributed by atoms with van der Waals surface area (Å²) in [4.78, 5) is 4.95. The topological polar surface area (TPSA) is 64.1 Å². The number of ether oxygens (including phenoxy) is 3. The zero-order valence-electron chi connectivity index (χ0n) is 14.5. The number of aliphatic imine (C=N–C) groups is 1. The highest BCUT2D eigenvalue weighted by molar-refractivity contribution is 6.09. The summed E-state index contributed by atoms with van der Waals surface area (Å²) >= 11 is 0. The van der Waals surface area contributed by atoms with Gasteiger partial charge in [-0.05, 0) is 29.8 Å². The van der Waals surface area contributed by atoms with Crippen molar-refractivity contribution < 1.29 is 14.2 Å². The van der Waals surface area contributed by atoms with Crippen LogP contribution in [0.25, 0.3) is 0 Å². The molecule has 2 aromatic rings. The molecule has 26 heavy (non-hydrogen) atoms. The van der Waals surface area contributed by atoms with Gasteiger partial charge in [0, 0.05) is 26.1 Å². The van der Waals surface area contributed by atoms with Gasteiger partial charge in [-0.3, -0.25) is 4.99 Å². The first-order valence-electron chi connectivity index (χ1n) is 8.98. The Morgan fingerprint density at radius 3 is 2.65 bits per heavy atom. The van der Waals surface area contributed by atoms with E-state index in [4.69, 9.17) is 19.2 Å². The monoisotopic (exact) mass is 351 g/mol. The Bertz CT molecular complexity index is 859. The number of para-hydroxylation sites is 2. The largest absolute Gasteiger partial charge is 0.454 e. The molecule has 6 nitrogen and oxygen atoms in total. The minimum Gasteiger partial charge on any atom is -0.454 e. The van der Waals surface area contributed by atoms with Gasteiger partial charge in [0.15, 0.2) is 11.5 Å². The van der Waals surface area contributed by atoms with Crippen molar-refractivity contribution in [1.29, 1.82) is 0 Å². The van der Waals surface area contributed by atoms with Crippen LogP contribution < -0.4 is 20.1 Å². The molecule has 0 aliphatic carbocycles. The molecule has 2 aromatic carbocycles. The van der Waals surface area contributed by atoms with Crippen molar-refractivity contribution in [3.8, 4) is 11.5 Å². The molecule has 0 bridgehead atoms. The highest BCUT2D eigenvalue weighted by Crippen LogP contribution is 2.37. The Balaban J connectivity index is 1.46. The van der Waals surface area contributed by atoms with E-state index in [2.05, 4.69) is 28.8 Å². The predicted molar refractivity (Wildman–Crippen MR) is 100 cm³/mol. The van der Waals surface area contributed by atoms with Crippen LogP contribution in [-0.2, 0) is 11.3 Å². The van der Waals surface area contributed by atoms with E-state index in [0.29, 0.717) is 13.3 Å². The summed E-state index contributed by atoms with van der Waals surface area (Å²) in [7, 11) is 0. The summed E-state index contributed by atoms with van der Waals surface area (Å²) in [5.74, 6) is 2.58. The van der Waals surface area contributed by atoms with Gasteiger partial charge in [-0.2, -0.15) is 0 Å². The minimum atomic E-state index is -0.192. The van der Waals surface area contributed by atoms with Crippen LogP contribution in [0.3, 0.4) is 0 Å². The van der Waals surface area contributed by atoms with Gasteiger partial charge in [0.05, 0.1) is 23.5 Å². The molecule has 3 aliphatic heterocycles. The van der Waals surface area contributed by atoms with Gasteiger partial charge in [0.25, 0.3) is 0 Å². The molecule has 0 unspecified atom stereocenters. The summed E-state index contributed by atoms with van der Waals surface area (Å²) in [6.07, 6.45) is 1.79. The number of hydrogen-bond acceptors (Lipinski definition) is 5. The molecule has 0 radical (unpaired) electrons. The third-order valence-electron chi connectivity index (χ3n) is 5.21. The van der Waals surface area contributed by atoms with Crippen LogP contribution in [0.5, 0.6) is 11.5 Å². The molecule has 1 fully saturated rings. The normalized spacial score (nSPS) is 21.2. The quantitative estimate of drug-likeness (QED) is 0.868. The lowest BCUT2D eigenvalue weighted by atomic mass is 9.86. The molecule has 134 valence electrons. The fourth-order valence-corrected chi connectivity index (χ4v) is 3.75. The summed E-state index contributed by atoms with van der Waals surface area (Å²) in [6, 6.07) is 14.3. The Kier molecular flexibility index (Phi) is 3.71. The van der Waals surface area contributed by atoms with Gasteiger partial charge in [0.2, 0.25) is 6.79 Å². The lowest BCUT2D eigenvalue weighted by Crippen LogP contribution is -2.55. The lowest BCUT2D eigenvalue weighted by Gasteiger charge is -2.43. The van der Waals surface area contributed by atoms with E-state index < -0.39 is 0 Å². The molecule has 0 amide bonds. The highest BCUT2D eigenvalue weighted by Gasteiger charge is 2.41. The molecule has 2 N–H and O–H groups in total. The smallest absolute Gasteiger partial charge is 0.231 e. The van der Waals surface area contributed by atoms with Crippen molar-refractivity contribution in [2.75, 3.05) is 30.6 Å². The maximum absolute atomic E-state index is 5.59. The van der Waals surface area contributed by atoms with E-state index in [-0.39, 0.29) is 5.54 Å². The SMILES string of the molecule is c1ccc2c(c1)NC(=NCc1ccc3c(c1)OCO3)C1(CCOCC1)N2. The molecule has 0 saturated carbocycles. The molecule has 3 aliphatic rings. The molecule has 6 heteroatoms. The van der Waals surface area contributed by atoms with E-state index in [1.165, 1.54) is 0 Å². The third kappa shape index (κ3) is 2.66. The second kappa shape index (κ2) is 6.21. The second-order valence-corrected chi connectivity index (χ2v) is 6.84. The van der Waals surface area contributed by atoms with E-state index in [0.717, 1.165) is 60.3 Å². The summed E-state index contributed by atoms with van der Waals surface area (Å²) in [6.45, 7) is 2.35. The molecule has 0 aromatic heterocycles. The lowest BCUT2D eigenvalue weighted by molar-refractivity contribution is 0.0778. The molecule has 5 rings (SSSR count). The first-order valence-corrected chi connectivity index (χ1v) is 8.98. The maximum Gasteiger partial charge on any atom is 0.231 e. The number of fused-ring (bicyclic) bond motifs is 2. The number of nitrogens with one attached hydrogen (secondary N) is 2. The van der Waals surface area contributed by atoms with E-state index in [1.807, 2.05) is 24.3 Å². The highest BCUT2D eigenvalue weighted by atomic mass is 16.7. The van der Waals surface area contributed by atoms with Crippen LogP contribution in [0.2, 0.25) is 0 Å². The third-order valence-corrected chi connectivity index (χ3v) is 5.21. The molecule has 3 heterocycles. The van der Waals surface area contributed by atoms with Crippen molar-refractivity contribution in [2.24, 2.45) is 4.99 Å². The molecular weight excluding hydrogens is 330 g/mol. The fourth-order valence-electron chi connectivity index (χ4n) is 3.75. The molecular formula is C20H21N3O3. The van der Waals surface area contributed by atoms with Gasteiger partial charge in [-0.1, -0.05) is 18.2 Å². The van der Waals surface area contributed by atoms with Crippen molar-refractivity contribution in [3.63, 3.8) is 0 Å². The average Bonchev–Trinajstić information content (AvgIpc) is 3.15. The van der Waals surface area contributed by atoms with Crippen LogP contribution in [0, 0.1) is 0 Å². The van der Waals surface area contributed by atoms with Crippen LogP contribution in [-0.4, -0.2) is 31.4 Å². The van der Waals surface area contributed by atoms with E-state index in [1.54, 1.807) is 0 Å². The number of benzene rings is 2. The molecule has 1 saturated heterocycles. The number of hydrogen-bond donors (Lipinski definition) is 2. The van der Waals surface area contributed by atoms with Gasteiger partial charge >= 0.3 is 0 Å². The Hall–Kier alpha value is -2.73.